The van der Waals surface area contributed by atoms with Gasteiger partial charge in [0.15, 0.2) is 0 Å². The van der Waals surface area contributed by atoms with E-state index in [0.29, 0.717) is 25.7 Å². The molecule has 0 spiro atoms. The number of carboxylic acid groups (broad SMARTS) is 1. The number of benzene rings is 1. The maximum atomic E-state index is 13.1. The maximum absolute atomic E-state index is 13.1. The van der Waals surface area contributed by atoms with Crippen LogP contribution in [0, 0.1) is 0 Å². The van der Waals surface area contributed by atoms with Crippen LogP contribution in [0.5, 0.6) is 0 Å². The highest BCUT2D eigenvalue weighted by Crippen LogP contribution is 2.30. The minimum atomic E-state index is -1.13. The zero-order valence-corrected chi connectivity index (χ0v) is 14.3. The van der Waals surface area contributed by atoms with Crippen LogP contribution in [0.4, 0.5) is 0 Å². The highest BCUT2D eigenvalue weighted by Gasteiger charge is 2.45. The minimum Gasteiger partial charge on any atom is -0.480 e. The molecular weight excluding hydrogens is 336 g/mol. The lowest BCUT2D eigenvalue weighted by Crippen LogP contribution is -2.53. The van der Waals surface area contributed by atoms with Crippen LogP contribution in [-0.2, 0) is 9.59 Å². The van der Waals surface area contributed by atoms with Gasteiger partial charge in [0.2, 0.25) is 5.91 Å². The van der Waals surface area contributed by atoms with Crippen LogP contribution in [0.3, 0.4) is 0 Å². The average molecular weight is 356 g/mol. The van der Waals surface area contributed by atoms with Crippen molar-refractivity contribution in [3.05, 3.63) is 48.0 Å². The molecule has 0 bridgehead atoms. The molecule has 7 nitrogen and oxygen atoms in total. The Bertz CT molecular complexity index is 753. The molecule has 2 heterocycles. The standard InChI is InChI=1S/C19H20N2O5/c1-2-6-12-7-5-10-15(19(26)20(12)11-16(22)23)21-17(24)13-8-3-4-9-14(13)18(21)25/h2-4,8-9,12,15H,1,5-7,10-11H2,(H,22,23)/t12?,15-/m0/s1. The molecule has 0 radical (unpaired) electrons. The van der Waals surface area contributed by atoms with Crippen molar-refractivity contribution >= 4 is 23.7 Å². The Labute approximate surface area is 150 Å². The van der Waals surface area contributed by atoms with Crippen LogP contribution in [0.25, 0.3) is 0 Å². The number of rotatable bonds is 5. The topological polar surface area (TPSA) is 95.0 Å². The van der Waals surface area contributed by atoms with E-state index in [0.717, 1.165) is 4.90 Å². The molecule has 26 heavy (non-hydrogen) atoms. The van der Waals surface area contributed by atoms with Gasteiger partial charge in [-0.05, 0) is 37.8 Å². The lowest BCUT2D eigenvalue weighted by atomic mass is 10.1. The van der Waals surface area contributed by atoms with E-state index in [1.54, 1.807) is 30.3 Å². The van der Waals surface area contributed by atoms with E-state index < -0.39 is 36.3 Å². The smallest absolute Gasteiger partial charge is 0.323 e. The maximum Gasteiger partial charge on any atom is 0.323 e. The number of hydrogen-bond acceptors (Lipinski definition) is 4. The molecule has 1 aromatic carbocycles. The Balaban J connectivity index is 1.94. The van der Waals surface area contributed by atoms with Crippen molar-refractivity contribution in [2.45, 2.75) is 37.8 Å². The molecular formula is C19H20N2O5. The first-order chi connectivity index (χ1) is 12.5. The third kappa shape index (κ3) is 3.00. The summed E-state index contributed by atoms with van der Waals surface area (Å²) in [5.41, 5.74) is 0.559. The van der Waals surface area contributed by atoms with E-state index in [9.17, 15) is 24.3 Å². The normalized spacial score (nSPS) is 23.0. The Morgan fingerprint density at radius 2 is 1.77 bits per heavy atom. The van der Waals surface area contributed by atoms with E-state index >= 15 is 0 Å². The highest BCUT2D eigenvalue weighted by molar-refractivity contribution is 6.22. The van der Waals surface area contributed by atoms with Crippen LogP contribution < -0.4 is 0 Å². The summed E-state index contributed by atoms with van der Waals surface area (Å²) in [5.74, 6) is -2.62. The Hall–Kier alpha value is -2.96. The number of amides is 3. The lowest BCUT2D eigenvalue weighted by Gasteiger charge is -2.32. The molecule has 7 heteroatoms. The zero-order valence-electron chi connectivity index (χ0n) is 14.3. The van der Waals surface area contributed by atoms with Crippen LogP contribution in [0.15, 0.2) is 36.9 Å². The molecule has 3 rings (SSSR count). The van der Waals surface area contributed by atoms with Crippen molar-refractivity contribution in [1.82, 2.24) is 9.80 Å². The minimum absolute atomic E-state index is 0.280. The van der Waals surface area contributed by atoms with Crippen molar-refractivity contribution < 1.29 is 24.3 Å². The lowest BCUT2D eigenvalue weighted by molar-refractivity contribution is -0.147. The largest absolute Gasteiger partial charge is 0.480 e. The Morgan fingerprint density at radius 1 is 1.15 bits per heavy atom. The summed E-state index contributed by atoms with van der Waals surface area (Å²) in [6, 6.07) is 5.18. The summed E-state index contributed by atoms with van der Waals surface area (Å²) in [5, 5.41) is 9.19. The van der Waals surface area contributed by atoms with Crippen LogP contribution in [0.2, 0.25) is 0 Å². The van der Waals surface area contributed by atoms with E-state index in [1.807, 2.05) is 0 Å². The molecule has 0 aliphatic carbocycles. The van der Waals surface area contributed by atoms with E-state index in [-0.39, 0.29) is 17.2 Å². The SMILES string of the molecule is C=CCC1CCC[C@H](N2C(=O)c3ccccc3C2=O)C(=O)N1CC(=O)O. The first-order valence-corrected chi connectivity index (χ1v) is 8.55. The van der Waals surface area contributed by atoms with Gasteiger partial charge >= 0.3 is 5.97 Å². The van der Waals surface area contributed by atoms with Gasteiger partial charge in [-0.25, -0.2) is 0 Å². The molecule has 2 aliphatic rings. The van der Waals surface area contributed by atoms with Crippen molar-refractivity contribution in [2.24, 2.45) is 0 Å². The first kappa shape index (κ1) is 17.8. The molecule has 2 aliphatic heterocycles. The third-order valence-electron chi connectivity index (χ3n) is 4.91. The van der Waals surface area contributed by atoms with Gasteiger partial charge in [0.25, 0.3) is 11.8 Å². The number of carbonyl (C=O) groups excluding carboxylic acids is 3. The second-order valence-electron chi connectivity index (χ2n) is 6.51. The summed E-state index contributed by atoms with van der Waals surface area (Å²) in [7, 11) is 0. The molecule has 0 aromatic heterocycles. The predicted octanol–water partition coefficient (Wildman–Crippen LogP) is 1.69. The van der Waals surface area contributed by atoms with Gasteiger partial charge in [-0.15, -0.1) is 6.58 Å². The van der Waals surface area contributed by atoms with Crippen LogP contribution in [-0.4, -0.2) is 57.2 Å². The fourth-order valence-corrected chi connectivity index (χ4v) is 3.72. The summed E-state index contributed by atoms with van der Waals surface area (Å²) < 4.78 is 0. The Morgan fingerprint density at radius 3 is 2.31 bits per heavy atom. The van der Waals surface area contributed by atoms with E-state index in [4.69, 9.17) is 0 Å². The average Bonchev–Trinajstić information content (AvgIpc) is 2.77. The van der Waals surface area contributed by atoms with Crippen molar-refractivity contribution in [3.8, 4) is 0 Å². The number of imide groups is 1. The van der Waals surface area contributed by atoms with Crippen molar-refractivity contribution in [3.63, 3.8) is 0 Å². The summed E-state index contributed by atoms with van der Waals surface area (Å²) in [4.78, 5) is 52.0. The van der Waals surface area contributed by atoms with Crippen LogP contribution in [0.1, 0.15) is 46.4 Å². The number of carboxylic acids is 1. The molecule has 2 atom stereocenters. The second kappa shape index (κ2) is 7.11. The fraction of sp³-hybridized carbons (Fsp3) is 0.368. The summed E-state index contributed by atoms with van der Waals surface area (Å²) in [6.45, 7) is 3.21. The first-order valence-electron chi connectivity index (χ1n) is 8.55. The number of hydrogen-bond donors (Lipinski definition) is 1. The van der Waals surface area contributed by atoms with Gasteiger partial charge in [0.1, 0.15) is 12.6 Å². The zero-order chi connectivity index (χ0) is 18.8. The second-order valence-corrected chi connectivity index (χ2v) is 6.51. The van der Waals surface area contributed by atoms with Gasteiger partial charge in [-0.1, -0.05) is 18.2 Å². The molecule has 136 valence electrons. The number of aliphatic carboxylic acids is 1. The van der Waals surface area contributed by atoms with E-state index in [2.05, 4.69) is 6.58 Å². The summed E-state index contributed by atoms with van der Waals surface area (Å²) >= 11 is 0. The highest BCUT2D eigenvalue weighted by atomic mass is 16.4. The number of nitrogens with zero attached hydrogens (tertiary/aromatic N) is 2. The predicted molar refractivity (Wildman–Crippen MR) is 92.5 cm³/mol. The van der Waals surface area contributed by atoms with Gasteiger partial charge in [0, 0.05) is 6.04 Å². The fourth-order valence-electron chi connectivity index (χ4n) is 3.72. The molecule has 1 aromatic rings. The summed E-state index contributed by atoms with van der Waals surface area (Å²) in [6.07, 6.45) is 3.65. The number of likely N-dealkylation sites (tertiary alicyclic amines) is 1. The number of carbonyl (C=O) groups is 4. The molecule has 1 unspecified atom stereocenters. The Kier molecular flexibility index (Phi) is 4.88. The molecule has 1 fully saturated rings. The van der Waals surface area contributed by atoms with Gasteiger partial charge in [0.05, 0.1) is 11.1 Å². The van der Waals surface area contributed by atoms with Crippen LogP contribution >= 0.6 is 0 Å². The number of fused-ring (bicyclic) bond motifs is 1. The monoisotopic (exact) mass is 356 g/mol. The third-order valence-corrected chi connectivity index (χ3v) is 4.91. The van der Waals surface area contributed by atoms with Gasteiger partial charge in [-0.2, -0.15) is 0 Å². The van der Waals surface area contributed by atoms with Gasteiger partial charge in [-0.3, -0.25) is 24.1 Å². The molecule has 3 amide bonds. The molecule has 1 N–H and O–H groups in total. The van der Waals surface area contributed by atoms with Gasteiger partial charge < -0.3 is 10.0 Å². The van der Waals surface area contributed by atoms with Crippen molar-refractivity contribution in [1.29, 1.82) is 0 Å². The van der Waals surface area contributed by atoms with Crippen molar-refractivity contribution in [2.75, 3.05) is 6.54 Å². The quantitative estimate of drug-likeness (QED) is 0.640. The molecule has 1 saturated heterocycles. The molecule has 0 saturated carbocycles. The van der Waals surface area contributed by atoms with E-state index in [1.165, 1.54) is 4.90 Å².